The van der Waals surface area contributed by atoms with Crippen molar-refractivity contribution in [1.29, 1.82) is 0 Å². The number of fused-ring (bicyclic) bond motifs is 1. The fraction of sp³-hybridized carbons (Fsp3) is 0.351. The molecule has 10 aromatic rings. The normalized spacial score (nSPS) is 15.1. The molecule has 0 spiro atoms. The van der Waals surface area contributed by atoms with Crippen LogP contribution in [0.4, 0.5) is 28.4 Å². The molecule has 5 heterocycles. The van der Waals surface area contributed by atoms with Crippen molar-refractivity contribution in [3.63, 3.8) is 0 Å². The van der Waals surface area contributed by atoms with E-state index in [0.717, 1.165) is 143 Å². The second kappa shape index (κ2) is 54.2. The summed E-state index contributed by atoms with van der Waals surface area (Å²) in [7, 11) is 10.7. The van der Waals surface area contributed by atoms with Gasteiger partial charge < -0.3 is 69.2 Å². The first-order chi connectivity index (χ1) is 70.1. The molecule has 750 valence electrons. The Hall–Kier alpha value is -15.2. The maximum atomic E-state index is 13.4. The van der Waals surface area contributed by atoms with Gasteiger partial charge in [-0.2, -0.15) is 0 Å². The molecule has 0 saturated heterocycles. The van der Waals surface area contributed by atoms with Crippen LogP contribution >= 0.6 is 45.3 Å². The van der Waals surface area contributed by atoms with Crippen LogP contribution in [-0.4, -0.2) is 152 Å². The zero-order valence-corrected chi connectivity index (χ0v) is 84.7. The van der Waals surface area contributed by atoms with Gasteiger partial charge in [-0.15, -0.1) is 77.5 Å². The average molecular weight is 2020 g/mol. The third kappa shape index (κ3) is 27.8. The first kappa shape index (κ1) is 108. The fourth-order valence-corrected chi connectivity index (χ4v) is 21.5. The summed E-state index contributed by atoms with van der Waals surface area (Å²) < 4.78 is 48.6. The molecule has 5 N–H and O–H groups in total. The number of methoxy groups -OCH3 is 7. The summed E-state index contributed by atoms with van der Waals surface area (Å²) in [6.45, 7) is 0.888. The third-order valence-corrected chi connectivity index (χ3v) is 28.9. The minimum absolute atomic E-state index is 0.111. The molecular formula is C111H118N10O19S4. The molecule has 5 aliphatic carbocycles. The molecule has 6 aromatic carbocycles. The maximum Gasteiger partial charge on any atom is 0.303 e. The molecule has 16 rings (SSSR count). The second-order valence-electron chi connectivity index (χ2n) is 34.2. The number of anilines is 5. The Morgan fingerprint density at radius 2 is 0.618 bits per heavy atom. The summed E-state index contributed by atoms with van der Waals surface area (Å²) in [6.07, 6.45) is 47.8. The molecular weight excluding hydrogens is 1910 g/mol. The van der Waals surface area contributed by atoms with Crippen LogP contribution in [0.3, 0.4) is 0 Å². The smallest absolute Gasteiger partial charge is 0.303 e. The van der Waals surface area contributed by atoms with Crippen LogP contribution in [0.15, 0.2) is 197 Å². The van der Waals surface area contributed by atoms with Gasteiger partial charge in [0.05, 0.1) is 61.1 Å². The molecule has 1 aliphatic heterocycles. The topological polar surface area (TPSA) is 330 Å². The van der Waals surface area contributed by atoms with Crippen LogP contribution in [0.5, 0.6) is 51.7 Å². The van der Waals surface area contributed by atoms with Crippen LogP contribution in [-0.2, 0) is 47.9 Å². The number of terminal acetylenes is 5. The van der Waals surface area contributed by atoms with Crippen LogP contribution in [0.1, 0.15) is 184 Å². The lowest BCUT2D eigenvalue weighted by Gasteiger charge is -2.31. The lowest BCUT2D eigenvalue weighted by atomic mass is 10.0. The summed E-state index contributed by atoms with van der Waals surface area (Å²) >= 11 is 5.63. The van der Waals surface area contributed by atoms with E-state index in [-0.39, 0.29) is 59.7 Å². The molecule has 5 unspecified atom stereocenters. The minimum Gasteiger partial charge on any atom is -0.497 e. The zero-order chi connectivity index (χ0) is 103. The van der Waals surface area contributed by atoms with Crippen molar-refractivity contribution in [2.24, 2.45) is 0 Å². The van der Waals surface area contributed by atoms with Crippen LogP contribution in [0.2, 0.25) is 0 Å². The Morgan fingerprint density at radius 1 is 0.292 bits per heavy atom. The number of hydrogen-bond acceptors (Lipinski definition) is 23. The van der Waals surface area contributed by atoms with Crippen molar-refractivity contribution in [2.45, 2.75) is 189 Å². The SMILES string of the molecule is C#CC(=O)N(c1cc(OC)ccc1OC)C(C(=O)NC1CCCC1)c1cccs1.C#CC(=O)N(c1ccc(OC)c(OC)c1)C(C(=O)NC1CCCC1)c1cccs1.C#CC(=O)N(c1ccc(OC)cc1OC)C(C(=O)NC1CCCC1)c1cccs1.C#CC(=O)N(c1ccc2c(c1)OCCO2)C(C(=O)NC1CCCC1)c1ccccc1.C#CC(=O)N(c1cccc(OC)c1)C(C(=O)NC1CCCC1)c1cccs1. The third-order valence-electron chi connectivity index (χ3n) is 25.2. The molecule has 5 saturated carbocycles. The van der Waals surface area contributed by atoms with Crippen molar-refractivity contribution >= 4 is 133 Å². The fourth-order valence-electron chi connectivity index (χ4n) is 18.2. The van der Waals surface area contributed by atoms with E-state index in [4.69, 9.17) is 74.7 Å². The Bertz CT molecular complexity index is 6230. The molecule has 5 atom stereocenters. The number of carbonyl (C=O) groups excluding carboxylic acids is 10. The van der Waals surface area contributed by atoms with Crippen molar-refractivity contribution in [3.05, 3.63) is 223 Å². The molecule has 144 heavy (non-hydrogen) atoms. The highest BCUT2D eigenvalue weighted by Crippen LogP contribution is 2.45. The maximum absolute atomic E-state index is 13.4. The van der Waals surface area contributed by atoms with E-state index in [9.17, 15) is 47.9 Å². The second-order valence-corrected chi connectivity index (χ2v) is 38.1. The van der Waals surface area contributed by atoms with Crippen LogP contribution < -0.4 is 93.7 Å². The number of nitrogens with zero attached hydrogens (tertiary/aromatic N) is 5. The molecule has 29 nitrogen and oxygen atoms in total. The first-order valence-electron chi connectivity index (χ1n) is 47.5. The standard InChI is InChI=1S/C24H24N2O4.3C22H24N2O4S.C21H22N2O3S/c1-2-22(27)26(19-12-13-20-21(16-19)30-15-14-29-20)23(17-8-4-3-5-9-17)24(28)25-18-10-6-7-11-18;1-4-20(25)24(17-14-16(27-2)11-12-18(17)28-3)21(19-10-7-13-29-19)22(26)23-15-8-5-6-9-15;1-4-20(25)24(17-12-11-16(27-2)14-18(17)28-3)21(19-10-7-13-29-19)22(26)23-15-8-5-6-9-15;1-4-20(25)24(16-11-12-17(27-2)18(14-16)28-3)21(19-10-7-13-29-19)22(26)23-15-8-5-6-9-15;1-3-19(24)23(16-10-6-11-17(14-16)26-2)20(18-12-7-13-27-18)21(25)22-15-8-4-5-9-15/h1,3-5,8-9,12-13,16,18,23H,6-7,10-11,14-15H2,(H,25,28);3*1,7,10-15,21H,5-6,8-9H2,2-3H3,(H,23,26);1,6-7,10-15,20H,4-5,8-9H2,2H3,(H,22,25). The van der Waals surface area contributed by atoms with Crippen LogP contribution in [0.25, 0.3) is 0 Å². The number of amides is 10. The summed E-state index contributed by atoms with van der Waals surface area (Å²) in [5, 5.41) is 23.0. The first-order valence-corrected chi connectivity index (χ1v) is 51.0. The monoisotopic (exact) mass is 2020 g/mol. The van der Waals surface area contributed by atoms with E-state index in [0.29, 0.717) is 104 Å². The van der Waals surface area contributed by atoms with Crippen molar-refractivity contribution in [3.8, 4) is 113 Å². The Labute approximate surface area is 856 Å². The van der Waals surface area contributed by atoms with Gasteiger partial charge in [-0.05, 0) is 206 Å². The van der Waals surface area contributed by atoms with E-state index in [2.05, 4.69) is 56.2 Å². The highest BCUT2D eigenvalue weighted by atomic mass is 32.1. The quantitative estimate of drug-likeness (QED) is 0.0245. The Morgan fingerprint density at radius 3 is 1.00 bits per heavy atom. The Kier molecular flexibility index (Phi) is 40.5. The number of thiophene rings is 4. The average Bonchev–Trinajstić information content (AvgIpc) is 1.36. The Balaban J connectivity index is 0.000000160. The number of benzene rings is 6. The number of rotatable bonds is 32. The van der Waals surface area contributed by atoms with Gasteiger partial charge in [0.2, 0.25) is 29.5 Å². The summed E-state index contributed by atoms with van der Waals surface area (Å²) in [6, 6.07) is 47.5. The molecule has 10 amide bonds. The van der Waals surface area contributed by atoms with E-state index in [1.807, 2.05) is 100 Å². The predicted octanol–water partition coefficient (Wildman–Crippen LogP) is 17.3. The lowest BCUT2D eigenvalue weighted by molar-refractivity contribution is -0.125. The molecule has 5 fully saturated rings. The van der Waals surface area contributed by atoms with Gasteiger partial charge in [-0.25, -0.2) is 0 Å². The van der Waals surface area contributed by atoms with Gasteiger partial charge in [0.25, 0.3) is 0 Å². The number of hydrogen-bond donors (Lipinski definition) is 5. The van der Waals surface area contributed by atoms with Gasteiger partial charge in [0, 0.05) is 97.1 Å². The highest BCUT2D eigenvalue weighted by Gasteiger charge is 2.42. The number of carbonyl (C=O) groups is 10. The van der Waals surface area contributed by atoms with Gasteiger partial charge in [0.1, 0.15) is 48.0 Å². The molecule has 33 heteroatoms. The number of ether oxygens (including phenoxy) is 9. The van der Waals surface area contributed by atoms with E-state index < -0.39 is 59.7 Å². The van der Waals surface area contributed by atoms with Crippen molar-refractivity contribution in [2.75, 3.05) is 87.5 Å². The van der Waals surface area contributed by atoms with E-state index >= 15 is 0 Å². The van der Waals surface area contributed by atoms with E-state index in [1.165, 1.54) is 105 Å². The van der Waals surface area contributed by atoms with Gasteiger partial charge in [0.15, 0.2) is 47.2 Å². The van der Waals surface area contributed by atoms with Gasteiger partial charge in [-0.3, -0.25) is 72.4 Å². The molecule has 0 bridgehead atoms. The molecule has 6 aliphatic rings. The van der Waals surface area contributed by atoms with Crippen LogP contribution in [0, 0.1) is 61.7 Å². The van der Waals surface area contributed by atoms with Crippen molar-refractivity contribution in [1.82, 2.24) is 26.6 Å². The lowest BCUT2D eigenvalue weighted by Crippen LogP contribution is -2.46. The predicted molar refractivity (Wildman–Crippen MR) is 560 cm³/mol. The minimum atomic E-state index is -0.903. The van der Waals surface area contributed by atoms with Gasteiger partial charge >= 0.3 is 29.5 Å². The largest absolute Gasteiger partial charge is 0.497 e. The summed E-state index contributed by atoms with van der Waals surface area (Å²) in [5.41, 5.74) is 2.96. The molecule has 4 aromatic heterocycles. The highest BCUT2D eigenvalue weighted by molar-refractivity contribution is 7.11. The zero-order valence-electron chi connectivity index (χ0n) is 81.4. The summed E-state index contributed by atoms with van der Waals surface area (Å²) in [4.78, 5) is 140. The van der Waals surface area contributed by atoms with Crippen molar-refractivity contribution < 1.29 is 90.6 Å². The van der Waals surface area contributed by atoms with Gasteiger partial charge in [-0.1, -0.05) is 125 Å². The number of nitrogens with one attached hydrogen (secondary N) is 5. The van der Waals surface area contributed by atoms with E-state index in [1.54, 1.807) is 111 Å². The summed E-state index contributed by atoms with van der Waals surface area (Å²) in [5.74, 6) is 11.2. The molecule has 0 radical (unpaired) electrons.